The lowest BCUT2D eigenvalue weighted by molar-refractivity contribution is 0.0789. The summed E-state index contributed by atoms with van der Waals surface area (Å²) in [7, 11) is 3.22. The summed E-state index contributed by atoms with van der Waals surface area (Å²) < 4.78 is 6.42. The standard InChI is InChI=1S/C24H26N4O4/c1-27-14-17(7-8-22(27)29)24(31)28-11-9-16(15-28)21-13-19(23(30)25-10-12-32-2)18-5-3-4-6-20(18)26-21/h3-8,13-14,16H,9-12,15H2,1-2H3,(H,25,30)/t16-/m1/s1. The summed E-state index contributed by atoms with van der Waals surface area (Å²) in [5.74, 6) is -0.249. The van der Waals surface area contributed by atoms with Crippen LogP contribution in [0.4, 0.5) is 0 Å². The number of pyridine rings is 2. The van der Waals surface area contributed by atoms with Gasteiger partial charge in [0.2, 0.25) is 5.56 Å². The van der Waals surface area contributed by atoms with Crippen molar-refractivity contribution in [1.29, 1.82) is 0 Å². The molecule has 3 aromatic rings. The predicted octanol–water partition coefficient (Wildman–Crippen LogP) is 1.94. The number of nitrogens with zero attached hydrogens (tertiary/aromatic N) is 3. The first-order valence-electron chi connectivity index (χ1n) is 10.6. The summed E-state index contributed by atoms with van der Waals surface area (Å²) in [5, 5.41) is 3.68. The summed E-state index contributed by atoms with van der Waals surface area (Å²) in [6.45, 7) is 1.97. The fourth-order valence-corrected chi connectivity index (χ4v) is 4.04. The highest BCUT2D eigenvalue weighted by Crippen LogP contribution is 2.30. The van der Waals surface area contributed by atoms with E-state index >= 15 is 0 Å². The van der Waals surface area contributed by atoms with E-state index in [1.807, 2.05) is 30.3 Å². The normalized spacial score (nSPS) is 15.8. The van der Waals surface area contributed by atoms with Crippen LogP contribution in [0.3, 0.4) is 0 Å². The third kappa shape index (κ3) is 4.40. The number of likely N-dealkylation sites (tertiary alicyclic amines) is 1. The van der Waals surface area contributed by atoms with Gasteiger partial charge < -0.3 is 19.5 Å². The minimum absolute atomic E-state index is 0.0293. The zero-order chi connectivity index (χ0) is 22.7. The Hall–Kier alpha value is -3.52. The van der Waals surface area contributed by atoms with Crippen molar-refractivity contribution in [2.75, 3.05) is 33.4 Å². The third-order valence-corrected chi connectivity index (χ3v) is 5.80. The molecule has 8 nitrogen and oxygen atoms in total. The first-order chi connectivity index (χ1) is 15.5. The molecule has 1 fully saturated rings. The minimum Gasteiger partial charge on any atom is -0.383 e. The molecule has 0 spiro atoms. The molecule has 4 rings (SSSR count). The lowest BCUT2D eigenvalue weighted by Crippen LogP contribution is -2.30. The Balaban J connectivity index is 1.58. The molecule has 0 unspecified atom stereocenters. The maximum Gasteiger partial charge on any atom is 0.255 e. The average molecular weight is 434 g/mol. The first kappa shape index (κ1) is 21.7. The maximum atomic E-state index is 12.9. The van der Waals surface area contributed by atoms with Crippen LogP contribution in [0, 0.1) is 0 Å². The van der Waals surface area contributed by atoms with E-state index in [1.54, 1.807) is 31.3 Å². The number of carbonyl (C=O) groups is 2. The lowest BCUT2D eigenvalue weighted by atomic mass is 9.99. The van der Waals surface area contributed by atoms with Crippen molar-refractivity contribution in [3.63, 3.8) is 0 Å². The summed E-state index contributed by atoms with van der Waals surface area (Å²) in [4.78, 5) is 44.0. The Bertz CT molecular complexity index is 1220. The number of nitrogens with one attached hydrogen (secondary N) is 1. The van der Waals surface area contributed by atoms with Crippen LogP contribution in [0.15, 0.2) is 53.5 Å². The van der Waals surface area contributed by atoms with E-state index in [0.29, 0.717) is 37.4 Å². The Morgan fingerprint density at radius 2 is 2.03 bits per heavy atom. The van der Waals surface area contributed by atoms with Crippen LogP contribution < -0.4 is 10.9 Å². The lowest BCUT2D eigenvalue weighted by Gasteiger charge is -2.17. The van der Waals surface area contributed by atoms with E-state index in [2.05, 4.69) is 5.32 Å². The molecule has 1 aromatic carbocycles. The number of fused-ring (bicyclic) bond motifs is 1. The van der Waals surface area contributed by atoms with E-state index in [-0.39, 0.29) is 23.3 Å². The van der Waals surface area contributed by atoms with Crippen LogP contribution in [0.5, 0.6) is 0 Å². The number of aryl methyl sites for hydroxylation is 1. The van der Waals surface area contributed by atoms with Crippen molar-refractivity contribution in [2.45, 2.75) is 12.3 Å². The second-order valence-electron chi connectivity index (χ2n) is 7.96. The molecule has 8 heteroatoms. The summed E-state index contributed by atoms with van der Waals surface area (Å²) in [5.41, 5.74) is 2.46. The third-order valence-electron chi connectivity index (χ3n) is 5.80. The zero-order valence-electron chi connectivity index (χ0n) is 18.2. The van der Waals surface area contributed by atoms with Gasteiger partial charge in [0, 0.05) is 63.1 Å². The van der Waals surface area contributed by atoms with Gasteiger partial charge in [-0.2, -0.15) is 0 Å². The number of carbonyl (C=O) groups excluding carboxylic acids is 2. The van der Waals surface area contributed by atoms with Crippen molar-refractivity contribution in [2.24, 2.45) is 7.05 Å². The van der Waals surface area contributed by atoms with Gasteiger partial charge in [-0.15, -0.1) is 0 Å². The van der Waals surface area contributed by atoms with Crippen LogP contribution in [-0.4, -0.2) is 59.6 Å². The smallest absolute Gasteiger partial charge is 0.255 e. The molecule has 0 saturated carbocycles. The van der Waals surface area contributed by atoms with Gasteiger partial charge in [0.05, 0.1) is 23.3 Å². The Labute approximate surface area is 185 Å². The largest absolute Gasteiger partial charge is 0.383 e. The molecule has 0 bridgehead atoms. The molecule has 2 amide bonds. The number of hydrogen-bond donors (Lipinski definition) is 1. The molecule has 1 saturated heterocycles. The van der Waals surface area contributed by atoms with Crippen LogP contribution in [-0.2, 0) is 11.8 Å². The highest BCUT2D eigenvalue weighted by Gasteiger charge is 2.30. The van der Waals surface area contributed by atoms with Crippen molar-refractivity contribution < 1.29 is 14.3 Å². The molecule has 1 aliphatic rings. The average Bonchev–Trinajstić information content (AvgIpc) is 3.30. The van der Waals surface area contributed by atoms with Gasteiger partial charge in [0.1, 0.15) is 0 Å². The number of benzene rings is 1. The number of para-hydroxylation sites is 1. The number of amides is 2. The van der Waals surface area contributed by atoms with E-state index in [0.717, 1.165) is 23.0 Å². The van der Waals surface area contributed by atoms with Gasteiger partial charge in [0.25, 0.3) is 11.8 Å². The quantitative estimate of drug-likeness (QED) is 0.599. The molecule has 32 heavy (non-hydrogen) atoms. The molecule has 1 atom stereocenters. The van der Waals surface area contributed by atoms with Crippen molar-refractivity contribution >= 4 is 22.7 Å². The number of rotatable bonds is 6. The number of aromatic nitrogens is 2. The highest BCUT2D eigenvalue weighted by molar-refractivity contribution is 6.06. The van der Waals surface area contributed by atoms with Gasteiger partial charge in [-0.3, -0.25) is 19.4 Å². The van der Waals surface area contributed by atoms with Crippen LogP contribution >= 0.6 is 0 Å². The minimum atomic E-state index is -0.168. The number of methoxy groups -OCH3 is 1. The van der Waals surface area contributed by atoms with Crippen molar-refractivity contribution in [3.8, 4) is 0 Å². The molecule has 2 aromatic heterocycles. The van der Waals surface area contributed by atoms with Gasteiger partial charge in [0.15, 0.2) is 0 Å². The topological polar surface area (TPSA) is 93.5 Å². The fourth-order valence-electron chi connectivity index (χ4n) is 4.04. The van der Waals surface area contributed by atoms with Gasteiger partial charge in [-0.25, -0.2) is 0 Å². The second kappa shape index (κ2) is 9.32. The molecule has 1 N–H and O–H groups in total. The maximum absolute atomic E-state index is 12.9. The zero-order valence-corrected chi connectivity index (χ0v) is 18.2. The molecular weight excluding hydrogens is 408 g/mol. The van der Waals surface area contributed by atoms with Gasteiger partial charge in [-0.1, -0.05) is 18.2 Å². The van der Waals surface area contributed by atoms with Crippen LogP contribution in [0.1, 0.15) is 38.7 Å². The molecule has 0 radical (unpaired) electrons. The molecule has 0 aliphatic carbocycles. The number of ether oxygens (including phenoxy) is 1. The summed E-state index contributed by atoms with van der Waals surface area (Å²) in [6.07, 6.45) is 2.32. The fraction of sp³-hybridized carbons (Fsp3) is 0.333. The molecule has 166 valence electrons. The van der Waals surface area contributed by atoms with E-state index < -0.39 is 0 Å². The first-order valence-corrected chi connectivity index (χ1v) is 10.6. The summed E-state index contributed by atoms with van der Waals surface area (Å²) in [6, 6.07) is 12.4. The Kier molecular flexibility index (Phi) is 6.32. The second-order valence-corrected chi connectivity index (χ2v) is 7.96. The molecule has 1 aliphatic heterocycles. The number of hydrogen-bond acceptors (Lipinski definition) is 5. The Morgan fingerprint density at radius 3 is 2.81 bits per heavy atom. The van der Waals surface area contributed by atoms with Gasteiger partial charge in [-0.05, 0) is 24.6 Å². The van der Waals surface area contributed by atoms with Crippen molar-refractivity contribution in [1.82, 2.24) is 19.8 Å². The van der Waals surface area contributed by atoms with E-state index in [1.165, 1.54) is 10.6 Å². The van der Waals surface area contributed by atoms with Gasteiger partial charge >= 0.3 is 0 Å². The SMILES string of the molecule is COCCNC(=O)c1cc([C@@H]2CCN(C(=O)c3ccc(=O)n(C)c3)C2)nc2ccccc12. The molecular formula is C24H26N4O4. The molecule has 3 heterocycles. The van der Waals surface area contributed by atoms with Crippen LogP contribution in [0.25, 0.3) is 10.9 Å². The summed E-state index contributed by atoms with van der Waals surface area (Å²) >= 11 is 0. The highest BCUT2D eigenvalue weighted by atomic mass is 16.5. The van der Waals surface area contributed by atoms with Crippen LogP contribution in [0.2, 0.25) is 0 Å². The predicted molar refractivity (Wildman–Crippen MR) is 121 cm³/mol. The van der Waals surface area contributed by atoms with E-state index in [4.69, 9.17) is 9.72 Å². The van der Waals surface area contributed by atoms with Crippen molar-refractivity contribution in [3.05, 3.63) is 75.8 Å². The monoisotopic (exact) mass is 434 g/mol. The van der Waals surface area contributed by atoms with E-state index in [9.17, 15) is 14.4 Å². The Morgan fingerprint density at radius 1 is 1.22 bits per heavy atom.